The van der Waals surface area contributed by atoms with E-state index in [2.05, 4.69) is 6.92 Å². The number of halogens is 1. The van der Waals surface area contributed by atoms with Crippen LogP contribution in [-0.2, 0) is 4.79 Å². The summed E-state index contributed by atoms with van der Waals surface area (Å²) in [5, 5.41) is 29.7. The normalized spacial score (nSPS) is 25.2. The lowest BCUT2D eigenvalue weighted by Gasteiger charge is -2.24. The average Bonchev–Trinajstić information content (AvgIpc) is 2.97. The zero-order chi connectivity index (χ0) is 21.2. The topological polar surface area (TPSA) is 77.8 Å². The van der Waals surface area contributed by atoms with E-state index in [1.165, 1.54) is 0 Å². The van der Waals surface area contributed by atoms with Crippen LogP contribution in [0, 0.1) is 5.92 Å². The van der Waals surface area contributed by atoms with Gasteiger partial charge >= 0.3 is 5.97 Å². The molecule has 29 heavy (non-hydrogen) atoms. The Bertz CT molecular complexity index is 603. The van der Waals surface area contributed by atoms with Crippen molar-refractivity contribution >= 4 is 17.6 Å². The van der Waals surface area contributed by atoms with Crippen LogP contribution in [0.3, 0.4) is 0 Å². The summed E-state index contributed by atoms with van der Waals surface area (Å²) in [5.74, 6) is -0.474. The van der Waals surface area contributed by atoms with Gasteiger partial charge in [0.15, 0.2) is 0 Å². The first-order chi connectivity index (χ1) is 13.9. The maximum absolute atomic E-state index is 10.6. The van der Waals surface area contributed by atoms with Crippen LogP contribution in [0.5, 0.6) is 0 Å². The third kappa shape index (κ3) is 7.58. The van der Waals surface area contributed by atoms with Gasteiger partial charge in [-0.2, -0.15) is 0 Å². The molecule has 3 N–H and O–H groups in total. The Kier molecular flexibility index (Phi) is 10.5. The van der Waals surface area contributed by atoms with Crippen LogP contribution in [0.4, 0.5) is 0 Å². The van der Waals surface area contributed by atoms with Crippen molar-refractivity contribution in [3.8, 4) is 0 Å². The molecular formula is C24H37ClO4. The van der Waals surface area contributed by atoms with Crippen LogP contribution >= 0.6 is 11.6 Å². The van der Waals surface area contributed by atoms with Gasteiger partial charge in [0.05, 0.1) is 12.2 Å². The number of unbranched alkanes of at least 4 members (excludes halogenated alkanes) is 5. The molecule has 1 saturated carbocycles. The van der Waals surface area contributed by atoms with E-state index in [-0.39, 0.29) is 23.6 Å². The van der Waals surface area contributed by atoms with Gasteiger partial charge in [0, 0.05) is 17.7 Å². The molecule has 1 aliphatic carbocycles. The number of aliphatic carboxylic acids is 1. The minimum atomic E-state index is -0.733. The number of carboxylic acid groups (broad SMARTS) is 1. The summed E-state index contributed by atoms with van der Waals surface area (Å²) >= 11 is 6.57. The number of benzene rings is 1. The molecule has 5 atom stereocenters. The molecule has 0 heterocycles. The van der Waals surface area contributed by atoms with Gasteiger partial charge in [-0.25, -0.2) is 0 Å². The second-order valence-corrected chi connectivity index (χ2v) is 9.09. The van der Waals surface area contributed by atoms with Gasteiger partial charge in [0.1, 0.15) is 0 Å². The Balaban J connectivity index is 1.91. The van der Waals surface area contributed by atoms with Gasteiger partial charge in [-0.3, -0.25) is 4.79 Å². The average molecular weight is 425 g/mol. The van der Waals surface area contributed by atoms with E-state index in [9.17, 15) is 15.0 Å². The molecule has 0 bridgehead atoms. The molecule has 0 amide bonds. The van der Waals surface area contributed by atoms with Crippen molar-refractivity contribution in [2.75, 3.05) is 0 Å². The Morgan fingerprint density at radius 3 is 2.45 bits per heavy atom. The highest BCUT2D eigenvalue weighted by atomic mass is 35.5. The highest BCUT2D eigenvalue weighted by Crippen LogP contribution is 2.45. The Morgan fingerprint density at radius 1 is 1.10 bits per heavy atom. The lowest BCUT2D eigenvalue weighted by Crippen LogP contribution is -2.19. The van der Waals surface area contributed by atoms with Gasteiger partial charge < -0.3 is 15.3 Å². The van der Waals surface area contributed by atoms with Crippen LogP contribution in [0.1, 0.15) is 101 Å². The van der Waals surface area contributed by atoms with Crippen molar-refractivity contribution in [1.29, 1.82) is 0 Å². The summed E-state index contributed by atoms with van der Waals surface area (Å²) < 4.78 is 0. The molecule has 4 nitrogen and oxygen atoms in total. The maximum Gasteiger partial charge on any atom is 0.303 e. The fraction of sp³-hybridized carbons (Fsp3) is 0.708. The number of carbonyl (C=O) groups is 1. The van der Waals surface area contributed by atoms with Crippen molar-refractivity contribution in [1.82, 2.24) is 0 Å². The standard InChI is InChI=1S/C24H37ClO4/c1-2-3-6-10-21(26)17-12-14-18(15-13-17)24-19(20(25)16-22(24)27)9-7-4-5-8-11-23(28)29/h12-15,19-22,24,26-27H,2-11,16H2,1H3,(H,28,29)/t19-,20-,21?,22+,24+/m0/s1. The van der Waals surface area contributed by atoms with Gasteiger partial charge in [0.2, 0.25) is 0 Å². The fourth-order valence-electron chi connectivity index (χ4n) is 4.60. The summed E-state index contributed by atoms with van der Waals surface area (Å²) in [5.41, 5.74) is 2.04. The summed E-state index contributed by atoms with van der Waals surface area (Å²) in [6.07, 6.45) is 8.68. The maximum atomic E-state index is 10.6. The minimum Gasteiger partial charge on any atom is -0.481 e. The molecule has 1 aliphatic rings. The molecule has 0 radical (unpaired) electrons. The number of rotatable bonds is 13. The predicted molar refractivity (Wildman–Crippen MR) is 117 cm³/mol. The SMILES string of the molecule is CCCCCC(O)c1ccc([C@@H]2[C@@H](CCCCCCC(=O)O)[C@@H](Cl)C[C@H]2O)cc1. The largest absolute Gasteiger partial charge is 0.481 e. The van der Waals surface area contributed by atoms with Gasteiger partial charge in [0.25, 0.3) is 0 Å². The fourth-order valence-corrected chi connectivity index (χ4v) is 5.06. The molecule has 1 aromatic carbocycles. The molecule has 0 spiro atoms. The number of aliphatic hydroxyl groups excluding tert-OH is 2. The first-order valence-electron chi connectivity index (χ1n) is 11.3. The van der Waals surface area contributed by atoms with E-state index in [0.29, 0.717) is 6.42 Å². The van der Waals surface area contributed by atoms with Gasteiger partial charge in [-0.05, 0) is 42.7 Å². The highest BCUT2D eigenvalue weighted by molar-refractivity contribution is 6.21. The molecule has 5 heteroatoms. The second kappa shape index (κ2) is 12.6. The number of hydrogen-bond acceptors (Lipinski definition) is 3. The van der Waals surface area contributed by atoms with Crippen LogP contribution in [0.15, 0.2) is 24.3 Å². The van der Waals surface area contributed by atoms with E-state index in [1.54, 1.807) is 0 Å². The quantitative estimate of drug-likeness (QED) is 0.276. The van der Waals surface area contributed by atoms with Crippen LogP contribution in [0.25, 0.3) is 0 Å². The Morgan fingerprint density at radius 2 is 1.79 bits per heavy atom. The van der Waals surface area contributed by atoms with Crippen molar-refractivity contribution < 1.29 is 20.1 Å². The third-order valence-electron chi connectivity index (χ3n) is 6.27. The monoisotopic (exact) mass is 424 g/mol. The van der Waals surface area contributed by atoms with E-state index in [4.69, 9.17) is 16.7 Å². The molecule has 1 fully saturated rings. The van der Waals surface area contributed by atoms with E-state index >= 15 is 0 Å². The smallest absolute Gasteiger partial charge is 0.303 e. The number of aliphatic hydroxyl groups is 2. The van der Waals surface area contributed by atoms with Crippen LogP contribution in [-0.4, -0.2) is 32.8 Å². The summed E-state index contributed by atoms with van der Waals surface area (Å²) in [4.78, 5) is 10.6. The van der Waals surface area contributed by atoms with Crippen molar-refractivity contribution in [3.63, 3.8) is 0 Å². The van der Waals surface area contributed by atoms with Crippen molar-refractivity contribution in [2.24, 2.45) is 5.92 Å². The minimum absolute atomic E-state index is 0.0304. The lowest BCUT2D eigenvalue weighted by molar-refractivity contribution is -0.137. The van der Waals surface area contributed by atoms with Crippen molar-refractivity contribution in [2.45, 2.75) is 101 Å². The highest BCUT2D eigenvalue weighted by Gasteiger charge is 2.41. The summed E-state index contributed by atoms with van der Waals surface area (Å²) in [6, 6.07) is 8.06. The Labute approximate surface area is 180 Å². The van der Waals surface area contributed by atoms with Gasteiger partial charge in [-0.1, -0.05) is 69.7 Å². The Hall–Kier alpha value is -1.10. The first kappa shape index (κ1) is 24.2. The first-order valence-corrected chi connectivity index (χ1v) is 11.7. The van der Waals surface area contributed by atoms with Crippen molar-refractivity contribution in [3.05, 3.63) is 35.4 Å². The molecule has 0 aromatic heterocycles. The molecule has 2 rings (SSSR count). The summed E-state index contributed by atoms with van der Waals surface area (Å²) in [6.45, 7) is 2.16. The predicted octanol–water partition coefficient (Wildman–Crippen LogP) is 5.80. The van der Waals surface area contributed by atoms with E-state index < -0.39 is 18.2 Å². The van der Waals surface area contributed by atoms with E-state index in [1.807, 2.05) is 24.3 Å². The summed E-state index contributed by atoms with van der Waals surface area (Å²) in [7, 11) is 0. The number of hydrogen-bond donors (Lipinski definition) is 3. The van der Waals surface area contributed by atoms with Crippen LogP contribution < -0.4 is 0 Å². The lowest BCUT2D eigenvalue weighted by atomic mass is 9.83. The molecule has 0 aliphatic heterocycles. The molecule has 1 unspecified atom stereocenters. The molecular weight excluding hydrogens is 388 g/mol. The molecule has 1 aromatic rings. The second-order valence-electron chi connectivity index (χ2n) is 8.53. The van der Waals surface area contributed by atoms with Gasteiger partial charge in [-0.15, -0.1) is 11.6 Å². The number of carboxylic acids is 1. The van der Waals surface area contributed by atoms with Crippen LogP contribution in [0.2, 0.25) is 0 Å². The molecule has 164 valence electrons. The zero-order valence-corrected chi connectivity index (χ0v) is 18.4. The zero-order valence-electron chi connectivity index (χ0n) is 17.6. The molecule has 0 saturated heterocycles. The van der Waals surface area contributed by atoms with E-state index in [0.717, 1.165) is 68.9 Å². The third-order valence-corrected chi connectivity index (χ3v) is 6.77. The number of alkyl halides is 1.